The predicted octanol–water partition coefficient (Wildman–Crippen LogP) is 1.18. The van der Waals surface area contributed by atoms with E-state index in [-0.39, 0.29) is 6.61 Å². The maximum atomic E-state index is 9.09. The van der Waals surface area contributed by atoms with E-state index in [9.17, 15) is 0 Å². The molecule has 0 aliphatic carbocycles. The number of likely N-dealkylation sites (tertiary alicyclic amines) is 1. The van der Waals surface area contributed by atoms with Crippen LogP contribution in [0.2, 0.25) is 0 Å². The second kappa shape index (κ2) is 7.24. The Hall–Kier alpha value is -2.12. The molecule has 2 aromatic heterocycles. The molecule has 22 heavy (non-hydrogen) atoms. The van der Waals surface area contributed by atoms with Crippen molar-refractivity contribution in [2.75, 3.05) is 31.6 Å². The molecule has 0 unspecified atom stereocenters. The Bertz CT molecular complexity index is 592. The summed E-state index contributed by atoms with van der Waals surface area (Å²) in [5.41, 5.74) is 0.983. The van der Waals surface area contributed by atoms with E-state index < -0.39 is 0 Å². The highest BCUT2D eigenvalue weighted by molar-refractivity contribution is 5.48. The van der Waals surface area contributed by atoms with Crippen molar-refractivity contribution >= 4 is 11.6 Å². The van der Waals surface area contributed by atoms with Crippen LogP contribution in [0.4, 0.5) is 11.6 Å². The smallest absolute Gasteiger partial charge is 0.150 e. The molecule has 1 saturated heterocycles. The Balaban J connectivity index is 1.70. The monoisotopic (exact) mass is 300 g/mol. The molecule has 1 aliphatic heterocycles. The van der Waals surface area contributed by atoms with Crippen LogP contribution in [-0.2, 0) is 0 Å². The lowest BCUT2D eigenvalue weighted by atomic mass is 9.95. The second-order valence-electron chi connectivity index (χ2n) is 5.41. The number of aliphatic hydroxyl groups is 1. The number of piperidine rings is 1. The van der Waals surface area contributed by atoms with Gasteiger partial charge in [0, 0.05) is 37.6 Å². The third-order valence-electron chi connectivity index (χ3n) is 3.81. The molecule has 3 heterocycles. The number of nitrogens with one attached hydrogen (secondary N) is 1. The summed E-state index contributed by atoms with van der Waals surface area (Å²) in [5, 5.41) is 12.2. The van der Waals surface area contributed by atoms with Crippen molar-refractivity contribution in [3.8, 4) is 0 Å². The first-order chi connectivity index (χ1) is 10.8. The van der Waals surface area contributed by atoms with Crippen LogP contribution >= 0.6 is 0 Å². The van der Waals surface area contributed by atoms with Crippen LogP contribution in [0.1, 0.15) is 24.5 Å². The molecule has 0 bridgehead atoms. The summed E-state index contributed by atoms with van der Waals surface area (Å²) in [6.45, 7) is 2.89. The molecule has 0 spiro atoms. The first-order valence-corrected chi connectivity index (χ1v) is 7.53. The highest BCUT2D eigenvalue weighted by atomic mass is 16.3. The van der Waals surface area contributed by atoms with Gasteiger partial charge in [-0.15, -0.1) is 0 Å². The first-order valence-electron chi connectivity index (χ1n) is 7.53. The molecule has 7 heteroatoms. The maximum absolute atomic E-state index is 9.09. The normalized spacial score (nSPS) is 19.0. The minimum absolute atomic E-state index is 0.201. The zero-order valence-electron chi connectivity index (χ0n) is 12.4. The van der Waals surface area contributed by atoms with Gasteiger partial charge in [-0.05, 0) is 19.4 Å². The average molecular weight is 300 g/mol. The number of β-amino-alcohol motifs (C(OH)–C–C–N with tert-alkyl or cyclic N) is 1. The summed E-state index contributed by atoms with van der Waals surface area (Å²) < 4.78 is 0. The molecule has 116 valence electrons. The van der Waals surface area contributed by atoms with E-state index in [0.29, 0.717) is 17.6 Å². The van der Waals surface area contributed by atoms with Gasteiger partial charge in [-0.2, -0.15) is 0 Å². The Morgan fingerprint density at radius 1 is 1.18 bits per heavy atom. The maximum Gasteiger partial charge on any atom is 0.150 e. The van der Waals surface area contributed by atoms with Gasteiger partial charge >= 0.3 is 0 Å². The van der Waals surface area contributed by atoms with E-state index >= 15 is 0 Å². The fraction of sp³-hybridized carbons (Fsp3) is 0.467. The Kier molecular flexibility index (Phi) is 4.87. The zero-order chi connectivity index (χ0) is 15.2. The number of hydrogen-bond donors (Lipinski definition) is 2. The minimum atomic E-state index is 0.201. The van der Waals surface area contributed by atoms with Gasteiger partial charge in [-0.1, -0.05) is 0 Å². The SMILES string of the molecule is OCCN1CCC[C@@H](c2cncc(Nc3cnccn3)n2)C1. The standard InChI is InChI=1S/C15H20N6O/c22-7-6-21-5-1-2-12(11-21)13-8-17-10-15(19-13)20-14-9-16-3-4-18-14/h3-4,8-10,12,22H,1-2,5-7,11H2,(H,18,19,20)/t12-/m1/s1. The van der Waals surface area contributed by atoms with E-state index in [1.165, 1.54) is 0 Å². The van der Waals surface area contributed by atoms with E-state index in [0.717, 1.165) is 38.2 Å². The number of aromatic nitrogens is 4. The lowest BCUT2D eigenvalue weighted by Crippen LogP contribution is -2.36. The van der Waals surface area contributed by atoms with Crippen LogP contribution in [-0.4, -0.2) is 56.2 Å². The fourth-order valence-corrected chi connectivity index (χ4v) is 2.77. The van der Waals surface area contributed by atoms with Crippen molar-refractivity contribution in [3.05, 3.63) is 36.7 Å². The predicted molar refractivity (Wildman–Crippen MR) is 82.8 cm³/mol. The Labute approximate surface area is 129 Å². The van der Waals surface area contributed by atoms with Crippen LogP contribution in [0.15, 0.2) is 31.0 Å². The molecule has 2 N–H and O–H groups in total. The number of anilines is 2. The minimum Gasteiger partial charge on any atom is -0.395 e. The van der Waals surface area contributed by atoms with Gasteiger partial charge in [0.2, 0.25) is 0 Å². The molecule has 3 rings (SSSR count). The number of rotatable bonds is 5. The van der Waals surface area contributed by atoms with Crippen LogP contribution in [0.5, 0.6) is 0 Å². The quantitative estimate of drug-likeness (QED) is 0.857. The van der Waals surface area contributed by atoms with Gasteiger partial charge in [-0.25, -0.2) is 9.97 Å². The summed E-state index contributed by atoms with van der Waals surface area (Å²) >= 11 is 0. The second-order valence-corrected chi connectivity index (χ2v) is 5.41. The number of nitrogens with zero attached hydrogens (tertiary/aromatic N) is 5. The summed E-state index contributed by atoms with van der Waals surface area (Å²) in [6.07, 6.45) is 10.7. The molecule has 7 nitrogen and oxygen atoms in total. The summed E-state index contributed by atoms with van der Waals surface area (Å²) in [7, 11) is 0. The molecule has 2 aromatic rings. The average Bonchev–Trinajstić information content (AvgIpc) is 2.57. The van der Waals surface area contributed by atoms with E-state index in [4.69, 9.17) is 5.11 Å². The molecule has 0 radical (unpaired) electrons. The van der Waals surface area contributed by atoms with Crippen LogP contribution in [0.25, 0.3) is 0 Å². The Morgan fingerprint density at radius 3 is 2.91 bits per heavy atom. The number of aliphatic hydroxyl groups excluding tert-OH is 1. The fourth-order valence-electron chi connectivity index (χ4n) is 2.77. The van der Waals surface area contributed by atoms with Gasteiger partial charge in [0.1, 0.15) is 11.6 Å². The summed E-state index contributed by atoms with van der Waals surface area (Å²) in [4.78, 5) is 19.4. The lowest BCUT2D eigenvalue weighted by molar-refractivity contribution is 0.160. The van der Waals surface area contributed by atoms with Crippen molar-refractivity contribution < 1.29 is 5.11 Å². The molecule has 0 aromatic carbocycles. The molecule has 1 aliphatic rings. The van der Waals surface area contributed by atoms with Crippen molar-refractivity contribution in [1.82, 2.24) is 24.8 Å². The van der Waals surface area contributed by atoms with Crippen molar-refractivity contribution in [2.45, 2.75) is 18.8 Å². The van der Waals surface area contributed by atoms with Crippen molar-refractivity contribution in [1.29, 1.82) is 0 Å². The molecular weight excluding hydrogens is 280 g/mol. The largest absolute Gasteiger partial charge is 0.395 e. The third kappa shape index (κ3) is 3.75. The molecular formula is C15H20N6O. The highest BCUT2D eigenvalue weighted by Gasteiger charge is 2.22. The van der Waals surface area contributed by atoms with Gasteiger partial charge in [-0.3, -0.25) is 9.97 Å². The van der Waals surface area contributed by atoms with Crippen molar-refractivity contribution in [2.24, 2.45) is 0 Å². The van der Waals surface area contributed by atoms with Crippen LogP contribution in [0.3, 0.4) is 0 Å². The van der Waals surface area contributed by atoms with E-state index in [1.54, 1.807) is 24.8 Å². The van der Waals surface area contributed by atoms with Gasteiger partial charge in [0.25, 0.3) is 0 Å². The van der Waals surface area contributed by atoms with Crippen LogP contribution < -0.4 is 5.32 Å². The van der Waals surface area contributed by atoms with Gasteiger partial charge in [0.05, 0.1) is 24.7 Å². The van der Waals surface area contributed by atoms with Gasteiger partial charge < -0.3 is 15.3 Å². The lowest BCUT2D eigenvalue weighted by Gasteiger charge is -2.31. The van der Waals surface area contributed by atoms with Crippen LogP contribution in [0, 0.1) is 0 Å². The zero-order valence-corrected chi connectivity index (χ0v) is 12.4. The first kappa shape index (κ1) is 14.8. The van der Waals surface area contributed by atoms with Crippen molar-refractivity contribution in [3.63, 3.8) is 0 Å². The van der Waals surface area contributed by atoms with Gasteiger partial charge in [0.15, 0.2) is 0 Å². The van der Waals surface area contributed by atoms with E-state index in [1.807, 2.05) is 6.20 Å². The molecule has 1 atom stereocenters. The molecule has 1 fully saturated rings. The topological polar surface area (TPSA) is 87.1 Å². The van der Waals surface area contributed by atoms with E-state index in [2.05, 4.69) is 30.2 Å². The Morgan fingerprint density at radius 2 is 2.09 bits per heavy atom. The summed E-state index contributed by atoms with van der Waals surface area (Å²) in [5.74, 6) is 1.69. The third-order valence-corrected chi connectivity index (χ3v) is 3.81. The molecule has 0 saturated carbocycles. The summed E-state index contributed by atoms with van der Waals surface area (Å²) in [6, 6.07) is 0. The molecule has 0 amide bonds. The number of hydrogen-bond acceptors (Lipinski definition) is 7. The highest BCUT2D eigenvalue weighted by Crippen LogP contribution is 2.25.